The number of ether oxygens (including phenoxy) is 1. The van der Waals surface area contributed by atoms with E-state index in [0.29, 0.717) is 25.4 Å². The normalized spacial score (nSPS) is 19.2. The predicted octanol–water partition coefficient (Wildman–Crippen LogP) is 2.11. The second kappa shape index (κ2) is 11.3. The van der Waals surface area contributed by atoms with Crippen LogP contribution in [-0.4, -0.2) is 85.5 Å². The standard InChI is InChI=1S/C25H33N3O7S/c1-16-12-28(17(2)15-29)24(30)21-11-20(26-36(4,33)34)9-10-22(21)35-23(16)14-27(3)13-18-5-7-19(8-6-18)25(31)32/h5-11,16-17,23,26,29H,12-15H2,1-4H3,(H,31,32)/t16-,17-,23+/m0/s1. The van der Waals surface area contributed by atoms with Crippen molar-refractivity contribution < 1.29 is 33.0 Å². The van der Waals surface area contributed by atoms with Crippen molar-refractivity contribution in [1.29, 1.82) is 0 Å². The van der Waals surface area contributed by atoms with Gasteiger partial charge in [-0.25, -0.2) is 13.2 Å². The molecule has 0 saturated heterocycles. The van der Waals surface area contributed by atoms with Gasteiger partial charge in [-0.15, -0.1) is 0 Å². The second-order valence-electron chi connectivity index (χ2n) is 9.41. The Bertz CT molecular complexity index is 1200. The van der Waals surface area contributed by atoms with E-state index in [9.17, 15) is 23.1 Å². The van der Waals surface area contributed by atoms with Gasteiger partial charge in [-0.1, -0.05) is 19.1 Å². The maximum Gasteiger partial charge on any atom is 0.335 e. The molecule has 3 N–H and O–H groups in total. The molecule has 1 aliphatic rings. The Kier molecular flexibility index (Phi) is 8.59. The van der Waals surface area contributed by atoms with Gasteiger partial charge in [0.2, 0.25) is 10.0 Å². The average Bonchev–Trinajstić information content (AvgIpc) is 2.80. The summed E-state index contributed by atoms with van der Waals surface area (Å²) < 4.78 is 32.1. The van der Waals surface area contributed by atoms with Gasteiger partial charge in [-0.2, -0.15) is 0 Å². The number of aliphatic hydroxyl groups excluding tert-OH is 1. The Balaban J connectivity index is 1.87. The van der Waals surface area contributed by atoms with E-state index in [2.05, 4.69) is 9.62 Å². The monoisotopic (exact) mass is 519 g/mol. The summed E-state index contributed by atoms with van der Waals surface area (Å²) in [6.07, 6.45) is 0.715. The van der Waals surface area contributed by atoms with E-state index in [0.717, 1.165) is 11.8 Å². The second-order valence-corrected chi connectivity index (χ2v) is 11.2. The largest absolute Gasteiger partial charge is 0.488 e. The number of carboxylic acids is 1. The summed E-state index contributed by atoms with van der Waals surface area (Å²) in [6.45, 7) is 4.94. The number of amides is 1. The van der Waals surface area contributed by atoms with E-state index in [1.54, 1.807) is 48.2 Å². The van der Waals surface area contributed by atoms with Crippen molar-refractivity contribution in [3.63, 3.8) is 0 Å². The molecule has 0 unspecified atom stereocenters. The third-order valence-corrected chi connectivity index (χ3v) is 6.72. The number of rotatable bonds is 9. The zero-order valence-electron chi connectivity index (χ0n) is 20.8. The molecule has 0 radical (unpaired) electrons. The van der Waals surface area contributed by atoms with Crippen molar-refractivity contribution in [2.24, 2.45) is 5.92 Å². The van der Waals surface area contributed by atoms with Crippen LogP contribution in [0.2, 0.25) is 0 Å². The topological polar surface area (TPSA) is 136 Å². The number of aromatic carboxylic acids is 1. The number of nitrogens with one attached hydrogen (secondary N) is 1. The van der Waals surface area contributed by atoms with Crippen LogP contribution in [0.15, 0.2) is 42.5 Å². The Morgan fingerprint density at radius 2 is 1.92 bits per heavy atom. The smallest absolute Gasteiger partial charge is 0.335 e. The fourth-order valence-electron chi connectivity index (χ4n) is 4.15. The first kappa shape index (κ1) is 27.4. The summed E-state index contributed by atoms with van der Waals surface area (Å²) in [6, 6.07) is 10.8. The van der Waals surface area contributed by atoms with Gasteiger partial charge in [0.25, 0.3) is 5.91 Å². The molecule has 0 saturated carbocycles. The van der Waals surface area contributed by atoms with E-state index in [-0.39, 0.29) is 41.4 Å². The first-order valence-corrected chi connectivity index (χ1v) is 13.5. The maximum absolute atomic E-state index is 13.4. The number of aliphatic hydroxyl groups is 1. The van der Waals surface area contributed by atoms with Crippen LogP contribution < -0.4 is 9.46 Å². The molecule has 0 spiro atoms. The first-order chi connectivity index (χ1) is 16.9. The van der Waals surface area contributed by atoms with Crippen molar-refractivity contribution in [2.45, 2.75) is 32.5 Å². The Morgan fingerprint density at radius 3 is 2.50 bits per heavy atom. The molecular formula is C25H33N3O7S. The minimum absolute atomic E-state index is 0.0817. The summed E-state index contributed by atoms with van der Waals surface area (Å²) >= 11 is 0. The van der Waals surface area contributed by atoms with E-state index in [1.807, 2.05) is 14.0 Å². The summed E-state index contributed by atoms with van der Waals surface area (Å²) in [4.78, 5) is 28.1. The lowest BCUT2D eigenvalue weighted by molar-refractivity contribution is 0.0341. The molecule has 10 nitrogen and oxygen atoms in total. The van der Waals surface area contributed by atoms with Gasteiger partial charge in [0.15, 0.2) is 0 Å². The van der Waals surface area contributed by atoms with Crippen molar-refractivity contribution in [3.8, 4) is 5.75 Å². The fraction of sp³-hybridized carbons (Fsp3) is 0.440. The molecule has 1 aliphatic heterocycles. The van der Waals surface area contributed by atoms with Crippen LogP contribution in [0.25, 0.3) is 0 Å². The lowest BCUT2D eigenvalue weighted by Gasteiger charge is -2.38. The third kappa shape index (κ3) is 6.96. The van der Waals surface area contributed by atoms with Gasteiger partial charge in [0.1, 0.15) is 11.9 Å². The highest BCUT2D eigenvalue weighted by atomic mass is 32.2. The number of nitrogens with zero attached hydrogens (tertiary/aromatic N) is 2. The number of carbonyl (C=O) groups is 2. The molecule has 36 heavy (non-hydrogen) atoms. The van der Waals surface area contributed by atoms with Crippen molar-refractivity contribution in [3.05, 3.63) is 59.2 Å². The number of likely N-dealkylation sites (N-methyl/N-ethyl adjacent to an activating group) is 1. The van der Waals surface area contributed by atoms with Crippen molar-refractivity contribution in [1.82, 2.24) is 9.80 Å². The molecule has 11 heteroatoms. The molecule has 3 atom stereocenters. The van der Waals surface area contributed by atoms with E-state index < -0.39 is 22.0 Å². The van der Waals surface area contributed by atoms with Gasteiger partial charge < -0.3 is 19.8 Å². The number of hydrogen-bond donors (Lipinski definition) is 3. The van der Waals surface area contributed by atoms with Crippen LogP contribution in [0.3, 0.4) is 0 Å². The predicted molar refractivity (Wildman–Crippen MR) is 136 cm³/mol. The molecule has 0 bridgehead atoms. The molecule has 3 rings (SSSR count). The molecule has 0 fully saturated rings. The maximum atomic E-state index is 13.4. The molecule has 1 amide bonds. The molecule has 1 heterocycles. The zero-order chi connectivity index (χ0) is 26.6. The molecular weight excluding hydrogens is 486 g/mol. The number of carboxylic acid groups (broad SMARTS) is 1. The summed E-state index contributed by atoms with van der Waals surface area (Å²) in [5.74, 6) is -1.07. The van der Waals surface area contributed by atoms with Crippen molar-refractivity contribution >= 4 is 27.6 Å². The summed E-state index contributed by atoms with van der Waals surface area (Å²) in [5, 5.41) is 18.9. The number of hydrogen-bond acceptors (Lipinski definition) is 7. The first-order valence-electron chi connectivity index (χ1n) is 11.6. The van der Waals surface area contributed by atoms with Crippen LogP contribution in [0.4, 0.5) is 5.69 Å². The van der Waals surface area contributed by atoms with E-state index in [4.69, 9.17) is 9.84 Å². The molecule has 2 aromatic carbocycles. The van der Waals surface area contributed by atoms with Crippen LogP contribution in [0.1, 0.15) is 40.1 Å². The minimum atomic E-state index is -3.54. The van der Waals surface area contributed by atoms with E-state index >= 15 is 0 Å². The number of fused-ring (bicyclic) bond motifs is 1. The third-order valence-electron chi connectivity index (χ3n) is 6.11. The van der Waals surface area contributed by atoms with Gasteiger partial charge >= 0.3 is 5.97 Å². The quantitative estimate of drug-likeness (QED) is 0.458. The average molecular weight is 520 g/mol. The zero-order valence-corrected chi connectivity index (χ0v) is 21.7. The molecule has 196 valence electrons. The number of carbonyl (C=O) groups excluding carboxylic acids is 1. The molecule has 0 aliphatic carbocycles. The number of anilines is 1. The fourth-order valence-corrected chi connectivity index (χ4v) is 4.71. The lowest BCUT2D eigenvalue weighted by atomic mass is 9.99. The van der Waals surface area contributed by atoms with Crippen LogP contribution in [0, 0.1) is 5.92 Å². The van der Waals surface area contributed by atoms with Crippen LogP contribution in [0.5, 0.6) is 5.75 Å². The van der Waals surface area contributed by atoms with Crippen LogP contribution >= 0.6 is 0 Å². The van der Waals surface area contributed by atoms with E-state index in [1.165, 1.54) is 6.07 Å². The molecule has 2 aromatic rings. The van der Waals surface area contributed by atoms with Crippen LogP contribution in [-0.2, 0) is 16.6 Å². The summed E-state index contributed by atoms with van der Waals surface area (Å²) in [5.41, 5.74) is 1.63. The van der Waals surface area contributed by atoms with Gasteiger partial charge in [0, 0.05) is 31.2 Å². The molecule has 0 aromatic heterocycles. The van der Waals surface area contributed by atoms with Crippen molar-refractivity contribution in [2.75, 3.05) is 37.7 Å². The minimum Gasteiger partial charge on any atom is -0.488 e. The Hall–Kier alpha value is -3.15. The summed E-state index contributed by atoms with van der Waals surface area (Å²) in [7, 11) is -1.61. The Morgan fingerprint density at radius 1 is 1.25 bits per heavy atom. The van der Waals surface area contributed by atoms with Gasteiger partial charge in [-0.05, 0) is 49.9 Å². The number of sulfonamides is 1. The highest BCUT2D eigenvalue weighted by Gasteiger charge is 2.33. The van der Waals surface area contributed by atoms with Gasteiger partial charge in [-0.3, -0.25) is 14.4 Å². The highest BCUT2D eigenvalue weighted by molar-refractivity contribution is 7.92. The Labute approximate surface area is 211 Å². The number of benzene rings is 2. The highest BCUT2D eigenvalue weighted by Crippen LogP contribution is 2.31. The SMILES string of the molecule is C[C@H]1CN([C@@H](C)CO)C(=O)c2cc(NS(C)(=O)=O)ccc2O[C@@H]1CN(C)Cc1ccc(C(=O)O)cc1. The lowest BCUT2D eigenvalue weighted by Crippen LogP contribution is -2.49. The van der Waals surface area contributed by atoms with Gasteiger partial charge in [0.05, 0.1) is 30.0 Å².